The Labute approximate surface area is 166 Å². The Bertz CT molecular complexity index is 1280. The van der Waals surface area contributed by atoms with Crippen molar-refractivity contribution >= 4 is 16.9 Å². The van der Waals surface area contributed by atoms with E-state index < -0.39 is 11.6 Å². The van der Waals surface area contributed by atoms with Gasteiger partial charge in [0.1, 0.15) is 18.0 Å². The molecule has 1 aromatic carbocycles. The first-order chi connectivity index (χ1) is 13.8. The summed E-state index contributed by atoms with van der Waals surface area (Å²) >= 11 is 0. The van der Waals surface area contributed by atoms with Gasteiger partial charge in [-0.2, -0.15) is 0 Å². The molecule has 0 unspecified atom stereocenters. The molecule has 0 bridgehead atoms. The number of aliphatic hydroxyl groups is 1. The minimum Gasteiger partial charge on any atom is -0.508 e. The summed E-state index contributed by atoms with van der Waals surface area (Å²) in [6.07, 6.45) is 0.101. The highest BCUT2D eigenvalue weighted by Crippen LogP contribution is 2.40. The fourth-order valence-electron chi connectivity index (χ4n) is 4.46. The molecule has 2 aliphatic heterocycles. The first-order valence-electron chi connectivity index (χ1n) is 9.60. The number of benzene rings is 1. The third-order valence-corrected chi connectivity index (χ3v) is 6.21. The van der Waals surface area contributed by atoms with Crippen molar-refractivity contribution in [3.8, 4) is 17.1 Å². The maximum Gasteiger partial charge on any atom is 0.309 e. The number of pyridine rings is 2. The van der Waals surface area contributed by atoms with Gasteiger partial charge in [-0.15, -0.1) is 0 Å². The minimum atomic E-state index is -1.45. The number of ether oxygens (including phenoxy) is 1. The van der Waals surface area contributed by atoms with Crippen LogP contribution in [0.5, 0.6) is 5.75 Å². The molecule has 2 aromatic heterocycles. The Hall–Kier alpha value is -3.19. The molecular formula is C22H20N2O5. The predicted octanol–water partition coefficient (Wildman–Crippen LogP) is 2.48. The second kappa shape index (κ2) is 5.90. The molecular weight excluding hydrogens is 372 g/mol. The molecule has 0 radical (unpaired) electrons. The van der Waals surface area contributed by atoms with Gasteiger partial charge in [0.25, 0.3) is 5.56 Å². The number of rotatable bonds is 1. The summed E-state index contributed by atoms with van der Waals surface area (Å²) in [6, 6.07) is 6.79. The number of phenols is 1. The van der Waals surface area contributed by atoms with E-state index in [1.165, 1.54) is 0 Å². The molecule has 2 aliphatic rings. The van der Waals surface area contributed by atoms with Crippen LogP contribution in [-0.2, 0) is 28.3 Å². The smallest absolute Gasteiger partial charge is 0.309 e. The number of nitrogens with zero attached hydrogens (tertiary/aromatic N) is 2. The third-order valence-electron chi connectivity index (χ3n) is 6.21. The molecule has 0 spiro atoms. The SMILES string of the molecule is CC[C@@]1(O)CC(=O)OCc2c1cc1n(c2=O)Cc2c-1nc1ccc(O)cc1c2C. The molecule has 7 nitrogen and oxygen atoms in total. The first-order valence-corrected chi connectivity index (χ1v) is 9.60. The summed E-state index contributed by atoms with van der Waals surface area (Å²) in [4.78, 5) is 30.0. The predicted molar refractivity (Wildman–Crippen MR) is 106 cm³/mol. The fraction of sp³-hybridized carbons (Fsp3) is 0.318. The van der Waals surface area contributed by atoms with Crippen LogP contribution in [0.25, 0.3) is 22.3 Å². The molecule has 5 rings (SSSR count). The van der Waals surface area contributed by atoms with Gasteiger partial charge < -0.3 is 19.5 Å². The van der Waals surface area contributed by atoms with Gasteiger partial charge in [-0.05, 0) is 48.7 Å². The lowest BCUT2D eigenvalue weighted by Crippen LogP contribution is -2.32. The van der Waals surface area contributed by atoms with Crippen molar-refractivity contribution in [2.75, 3.05) is 0 Å². The summed E-state index contributed by atoms with van der Waals surface area (Å²) in [7, 11) is 0. The Kier molecular flexibility index (Phi) is 3.64. The zero-order chi connectivity index (χ0) is 20.5. The van der Waals surface area contributed by atoms with E-state index in [4.69, 9.17) is 9.72 Å². The lowest BCUT2D eigenvalue weighted by atomic mass is 9.85. The first kappa shape index (κ1) is 17.9. The average molecular weight is 392 g/mol. The number of carbonyl (C=O) groups excluding carboxylic acids is 1. The van der Waals surface area contributed by atoms with Crippen LogP contribution in [0.2, 0.25) is 0 Å². The molecule has 0 aliphatic carbocycles. The average Bonchev–Trinajstić information content (AvgIpc) is 3.00. The molecule has 2 N–H and O–H groups in total. The van der Waals surface area contributed by atoms with Crippen molar-refractivity contribution in [3.05, 3.63) is 56.9 Å². The van der Waals surface area contributed by atoms with Crippen LogP contribution >= 0.6 is 0 Å². The second-order valence-corrected chi connectivity index (χ2v) is 7.80. The van der Waals surface area contributed by atoms with Crippen LogP contribution in [-0.4, -0.2) is 25.7 Å². The Morgan fingerprint density at radius 2 is 2.03 bits per heavy atom. The van der Waals surface area contributed by atoms with Crippen LogP contribution < -0.4 is 5.56 Å². The molecule has 3 aromatic rings. The van der Waals surface area contributed by atoms with Crippen molar-refractivity contribution < 1.29 is 19.7 Å². The van der Waals surface area contributed by atoms with Crippen molar-refractivity contribution in [1.29, 1.82) is 0 Å². The van der Waals surface area contributed by atoms with Crippen LogP contribution in [0.1, 0.15) is 42.0 Å². The summed E-state index contributed by atoms with van der Waals surface area (Å²) in [5, 5.41) is 21.8. The van der Waals surface area contributed by atoms with E-state index in [0.717, 1.165) is 22.0 Å². The number of hydrogen-bond donors (Lipinski definition) is 2. The monoisotopic (exact) mass is 392 g/mol. The Morgan fingerprint density at radius 3 is 2.79 bits per heavy atom. The third kappa shape index (κ3) is 2.43. The lowest BCUT2D eigenvalue weighted by molar-refractivity contribution is -0.149. The number of aromatic nitrogens is 2. The fourth-order valence-corrected chi connectivity index (χ4v) is 4.46. The maximum atomic E-state index is 13.3. The van der Waals surface area contributed by atoms with Gasteiger partial charge in [-0.1, -0.05) is 6.92 Å². The molecule has 4 heterocycles. The minimum absolute atomic E-state index is 0.145. The van der Waals surface area contributed by atoms with E-state index in [0.29, 0.717) is 29.1 Å². The standard InChI is InChI=1S/C22H20N2O5/c1-3-22(28)8-19(26)29-10-15-16(22)7-18-20-14(9-24(18)21(15)27)11(2)13-6-12(25)4-5-17(13)23-20/h4-7,25,28H,3,8-10H2,1-2H3/t22-/m1/s1. The Balaban J connectivity index is 1.81. The highest BCUT2D eigenvalue weighted by molar-refractivity contribution is 5.88. The molecule has 0 saturated carbocycles. The zero-order valence-electron chi connectivity index (χ0n) is 16.2. The molecule has 0 amide bonds. The van der Waals surface area contributed by atoms with Crippen LogP contribution in [0.15, 0.2) is 29.1 Å². The number of esters is 1. The van der Waals surface area contributed by atoms with E-state index >= 15 is 0 Å². The van der Waals surface area contributed by atoms with Gasteiger partial charge in [-0.25, -0.2) is 4.98 Å². The molecule has 29 heavy (non-hydrogen) atoms. The van der Waals surface area contributed by atoms with E-state index in [2.05, 4.69) is 0 Å². The zero-order valence-corrected chi connectivity index (χ0v) is 16.2. The number of phenolic OH excluding ortho intramolecular Hbond substituents is 1. The summed E-state index contributed by atoms with van der Waals surface area (Å²) in [5.41, 5.74) is 2.95. The molecule has 0 saturated heterocycles. The number of cyclic esters (lactones) is 1. The Morgan fingerprint density at radius 1 is 1.24 bits per heavy atom. The largest absolute Gasteiger partial charge is 0.508 e. The van der Waals surface area contributed by atoms with Gasteiger partial charge in [-0.3, -0.25) is 9.59 Å². The maximum absolute atomic E-state index is 13.3. The van der Waals surface area contributed by atoms with Gasteiger partial charge in [0.2, 0.25) is 0 Å². The molecule has 7 heteroatoms. The van der Waals surface area contributed by atoms with Gasteiger partial charge in [0, 0.05) is 10.9 Å². The second-order valence-electron chi connectivity index (χ2n) is 7.80. The van der Waals surface area contributed by atoms with Gasteiger partial charge in [0.05, 0.1) is 35.4 Å². The van der Waals surface area contributed by atoms with Crippen LogP contribution in [0.4, 0.5) is 0 Å². The van der Waals surface area contributed by atoms with E-state index in [9.17, 15) is 19.8 Å². The van der Waals surface area contributed by atoms with Crippen molar-refractivity contribution in [2.45, 2.75) is 45.4 Å². The molecule has 0 fully saturated rings. The lowest BCUT2D eigenvalue weighted by Gasteiger charge is -2.26. The van der Waals surface area contributed by atoms with Crippen molar-refractivity contribution in [1.82, 2.24) is 9.55 Å². The number of hydrogen-bond acceptors (Lipinski definition) is 6. The van der Waals surface area contributed by atoms with Gasteiger partial charge in [0.15, 0.2) is 0 Å². The van der Waals surface area contributed by atoms with Gasteiger partial charge >= 0.3 is 5.97 Å². The van der Waals surface area contributed by atoms with E-state index in [1.54, 1.807) is 35.8 Å². The molecule has 148 valence electrons. The van der Waals surface area contributed by atoms with E-state index in [-0.39, 0.29) is 30.8 Å². The summed E-state index contributed by atoms with van der Waals surface area (Å²) in [5.74, 6) is -0.355. The number of aromatic hydroxyl groups is 1. The highest BCUT2D eigenvalue weighted by atomic mass is 16.5. The van der Waals surface area contributed by atoms with Crippen molar-refractivity contribution in [3.63, 3.8) is 0 Å². The normalized spacial score (nSPS) is 20.0. The quantitative estimate of drug-likeness (QED) is 0.483. The molecule has 1 atom stereocenters. The number of carbonyl (C=O) groups is 1. The number of aryl methyl sites for hydroxylation is 1. The summed E-state index contributed by atoms with van der Waals surface area (Å²) in [6.45, 7) is 3.94. The number of fused-ring (bicyclic) bond motifs is 5. The van der Waals surface area contributed by atoms with Crippen LogP contribution in [0.3, 0.4) is 0 Å². The van der Waals surface area contributed by atoms with Crippen LogP contribution in [0, 0.1) is 6.92 Å². The highest BCUT2D eigenvalue weighted by Gasteiger charge is 2.39. The topological polar surface area (TPSA) is 102 Å². The van der Waals surface area contributed by atoms with E-state index in [1.807, 2.05) is 6.92 Å². The summed E-state index contributed by atoms with van der Waals surface area (Å²) < 4.78 is 6.81. The van der Waals surface area contributed by atoms with Crippen molar-refractivity contribution in [2.24, 2.45) is 0 Å².